The monoisotopic (exact) mass is 531 g/mol. The van der Waals surface area contributed by atoms with Crippen LogP contribution in [0.3, 0.4) is 0 Å². The first-order chi connectivity index (χ1) is 13.5. The Morgan fingerprint density at radius 2 is 1.73 bits per heavy atom. The van der Waals surface area contributed by atoms with Crippen LogP contribution in [0.25, 0.3) is 0 Å². The fourth-order valence-corrected chi connectivity index (χ4v) is 3.22. The molecule has 0 atom stereocenters. The zero-order chi connectivity index (χ0) is 22.0. The van der Waals surface area contributed by atoms with E-state index in [0.29, 0.717) is 24.2 Å². The summed E-state index contributed by atoms with van der Waals surface area (Å²) in [5, 5.41) is 9.70. The third-order valence-corrected chi connectivity index (χ3v) is 4.57. The highest BCUT2D eigenvalue weighted by Crippen LogP contribution is 2.08. The Balaban J connectivity index is 0.00000841. The van der Waals surface area contributed by atoms with E-state index in [0.717, 1.165) is 31.0 Å². The third-order valence-electron chi connectivity index (χ3n) is 4.57. The third kappa shape index (κ3) is 11.2. The van der Waals surface area contributed by atoms with Crippen LogP contribution in [-0.2, 0) is 6.54 Å². The fourth-order valence-electron chi connectivity index (χ4n) is 3.22. The van der Waals surface area contributed by atoms with Gasteiger partial charge < -0.3 is 16.0 Å². The van der Waals surface area contributed by atoms with Gasteiger partial charge in [0.15, 0.2) is 5.96 Å². The minimum Gasteiger partial charge on any atom is -0.356 e. The van der Waals surface area contributed by atoms with Crippen molar-refractivity contribution >= 4 is 35.8 Å². The molecule has 1 aromatic carbocycles. The van der Waals surface area contributed by atoms with E-state index in [1.807, 2.05) is 45.0 Å². The van der Waals surface area contributed by atoms with Crippen molar-refractivity contribution in [2.75, 3.05) is 20.1 Å². The van der Waals surface area contributed by atoms with Crippen LogP contribution in [-0.4, -0.2) is 54.5 Å². The average Bonchev–Trinajstić information content (AvgIpc) is 2.62. The van der Waals surface area contributed by atoms with Gasteiger partial charge in [0.25, 0.3) is 5.91 Å². The molecule has 1 rings (SSSR count). The van der Waals surface area contributed by atoms with Gasteiger partial charge in [-0.2, -0.15) is 0 Å². The number of hydrogen-bond acceptors (Lipinski definition) is 3. The van der Waals surface area contributed by atoms with Crippen LogP contribution in [0.15, 0.2) is 29.3 Å². The molecule has 0 aliphatic rings. The van der Waals surface area contributed by atoms with E-state index in [1.54, 1.807) is 7.05 Å². The number of guanidine groups is 1. The van der Waals surface area contributed by atoms with Crippen molar-refractivity contribution in [3.05, 3.63) is 35.4 Å². The number of carbonyl (C=O) groups excluding carboxylic acids is 1. The number of amides is 1. The Hall–Kier alpha value is -1.35. The van der Waals surface area contributed by atoms with Gasteiger partial charge in [0.2, 0.25) is 0 Å². The molecule has 0 saturated heterocycles. The molecular weight excluding hydrogens is 489 g/mol. The SMILES string of the molecule is CN=C(NCCCN(C(C)C)C(C)C)NCc1cccc(C(=O)NC(C)(C)C)c1.I. The lowest BCUT2D eigenvalue weighted by Gasteiger charge is -2.30. The second kappa shape index (κ2) is 13.9. The molecular formula is C23H42IN5O. The summed E-state index contributed by atoms with van der Waals surface area (Å²) in [7, 11) is 1.77. The number of benzene rings is 1. The summed E-state index contributed by atoms with van der Waals surface area (Å²) >= 11 is 0. The highest BCUT2D eigenvalue weighted by molar-refractivity contribution is 14.0. The second-order valence-electron chi connectivity index (χ2n) is 9.04. The van der Waals surface area contributed by atoms with Crippen LogP contribution in [0.4, 0.5) is 0 Å². The van der Waals surface area contributed by atoms with Crippen LogP contribution in [0.1, 0.15) is 70.8 Å². The molecule has 0 aromatic heterocycles. The maximum atomic E-state index is 12.4. The molecule has 0 spiro atoms. The number of carbonyl (C=O) groups is 1. The first-order valence-electron chi connectivity index (χ1n) is 10.6. The quantitative estimate of drug-likeness (QED) is 0.195. The standard InChI is InChI=1S/C23H41N5O.HI/c1-17(2)28(18(3)4)14-10-13-25-22(24-8)26-16-19-11-9-12-20(15-19)21(29)27-23(5,6)7;/h9,11-12,15,17-18H,10,13-14,16H2,1-8H3,(H,27,29)(H2,24,25,26);1H. The molecule has 172 valence electrons. The molecule has 0 heterocycles. The highest BCUT2D eigenvalue weighted by Gasteiger charge is 2.15. The topological polar surface area (TPSA) is 68.8 Å². The molecule has 3 N–H and O–H groups in total. The van der Waals surface area contributed by atoms with Crippen molar-refractivity contribution in [2.45, 2.75) is 79.1 Å². The zero-order valence-corrected chi connectivity index (χ0v) is 22.3. The summed E-state index contributed by atoms with van der Waals surface area (Å²) < 4.78 is 0. The zero-order valence-electron chi connectivity index (χ0n) is 20.0. The van der Waals surface area contributed by atoms with Gasteiger partial charge in [-0.15, -0.1) is 24.0 Å². The molecule has 0 fully saturated rings. The number of aliphatic imine (C=N–C) groups is 1. The molecule has 1 amide bonds. The number of nitrogens with zero attached hydrogens (tertiary/aromatic N) is 2. The predicted molar refractivity (Wildman–Crippen MR) is 139 cm³/mol. The van der Waals surface area contributed by atoms with Crippen molar-refractivity contribution in [2.24, 2.45) is 4.99 Å². The van der Waals surface area contributed by atoms with Crippen LogP contribution < -0.4 is 16.0 Å². The van der Waals surface area contributed by atoms with Gasteiger partial charge in [-0.1, -0.05) is 12.1 Å². The number of halogens is 1. The van der Waals surface area contributed by atoms with E-state index in [2.05, 4.69) is 53.5 Å². The Morgan fingerprint density at radius 3 is 2.27 bits per heavy atom. The normalized spacial score (nSPS) is 12.2. The van der Waals surface area contributed by atoms with Crippen LogP contribution in [0.2, 0.25) is 0 Å². The van der Waals surface area contributed by atoms with Crippen molar-refractivity contribution in [1.82, 2.24) is 20.9 Å². The molecule has 0 bridgehead atoms. The number of nitrogens with one attached hydrogen (secondary N) is 3. The molecule has 0 saturated carbocycles. The summed E-state index contributed by atoms with van der Waals surface area (Å²) in [5.41, 5.74) is 1.46. The Bertz CT molecular complexity index is 660. The number of hydrogen-bond donors (Lipinski definition) is 3. The average molecular weight is 532 g/mol. The van der Waals surface area contributed by atoms with Crippen molar-refractivity contribution in [3.8, 4) is 0 Å². The van der Waals surface area contributed by atoms with E-state index >= 15 is 0 Å². The Morgan fingerprint density at radius 1 is 1.10 bits per heavy atom. The smallest absolute Gasteiger partial charge is 0.251 e. The lowest BCUT2D eigenvalue weighted by molar-refractivity contribution is 0.0919. The summed E-state index contributed by atoms with van der Waals surface area (Å²) in [4.78, 5) is 19.1. The maximum absolute atomic E-state index is 12.4. The number of rotatable bonds is 9. The molecule has 0 aliphatic heterocycles. The van der Waals surface area contributed by atoms with Gasteiger partial charge in [-0.3, -0.25) is 14.7 Å². The summed E-state index contributed by atoms with van der Waals surface area (Å²) in [6.07, 6.45) is 1.06. The van der Waals surface area contributed by atoms with Gasteiger partial charge in [-0.05, 0) is 72.6 Å². The lowest BCUT2D eigenvalue weighted by Crippen LogP contribution is -2.41. The Labute approximate surface area is 200 Å². The van der Waals surface area contributed by atoms with E-state index in [4.69, 9.17) is 0 Å². The molecule has 0 aliphatic carbocycles. The van der Waals surface area contributed by atoms with E-state index in [1.165, 1.54) is 0 Å². The first kappa shape index (κ1) is 28.6. The second-order valence-corrected chi connectivity index (χ2v) is 9.04. The van der Waals surface area contributed by atoms with Crippen molar-refractivity contribution in [1.29, 1.82) is 0 Å². The summed E-state index contributed by atoms with van der Waals surface area (Å²) in [6.45, 7) is 17.4. The van der Waals surface area contributed by atoms with Crippen molar-refractivity contribution < 1.29 is 4.79 Å². The largest absolute Gasteiger partial charge is 0.356 e. The molecule has 1 aromatic rings. The predicted octanol–water partition coefficient (Wildman–Crippen LogP) is 4.01. The van der Waals surface area contributed by atoms with Gasteiger partial charge in [0.05, 0.1) is 0 Å². The van der Waals surface area contributed by atoms with E-state index in [9.17, 15) is 4.79 Å². The maximum Gasteiger partial charge on any atom is 0.251 e. The highest BCUT2D eigenvalue weighted by atomic mass is 127. The molecule has 7 heteroatoms. The van der Waals surface area contributed by atoms with Gasteiger partial charge >= 0.3 is 0 Å². The lowest BCUT2D eigenvalue weighted by atomic mass is 10.1. The van der Waals surface area contributed by atoms with Crippen LogP contribution in [0, 0.1) is 0 Å². The van der Waals surface area contributed by atoms with Crippen LogP contribution >= 0.6 is 24.0 Å². The van der Waals surface area contributed by atoms with Gasteiger partial charge in [-0.25, -0.2) is 0 Å². The summed E-state index contributed by atoms with van der Waals surface area (Å²) in [5.74, 6) is 0.719. The van der Waals surface area contributed by atoms with E-state index < -0.39 is 0 Å². The van der Waals surface area contributed by atoms with Gasteiger partial charge in [0.1, 0.15) is 0 Å². The molecule has 0 unspecified atom stereocenters. The van der Waals surface area contributed by atoms with Gasteiger partial charge in [0, 0.05) is 49.9 Å². The minimum atomic E-state index is -0.252. The van der Waals surface area contributed by atoms with Crippen LogP contribution in [0.5, 0.6) is 0 Å². The Kier molecular flexibility index (Phi) is 13.2. The molecule has 30 heavy (non-hydrogen) atoms. The van der Waals surface area contributed by atoms with E-state index in [-0.39, 0.29) is 35.4 Å². The molecule has 6 nitrogen and oxygen atoms in total. The van der Waals surface area contributed by atoms with Crippen molar-refractivity contribution in [3.63, 3.8) is 0 Å². The fraction of sp³-hybridized carbons (Fsp3) is 0.652. The first-order valence-corrected chi connectivity index (χ1v) is 10.6. The molecule has 0 radical (unpaired) electrons. The summed E-state index contributed by atoms with van der Waals surface area (Å²) in [6, 6.07) is 8.79. The minimum absolute atomic E-state index is 0.